The summed E-state index contributed by atoms with van der Waals surface area (Å²) in [6, 6.07) is 5.31. The number of aliphatic imine (C=N–C) groups is 1. The van der Waals surface area contributed by atoms with Gasteiger partial charge in [-0.05, 0) is 43.6 Å². The van der Waals surface area contributed by atoms with E-state index in [1.165, 1.54) is 25.5 Å². The summed E-state index contributed by atoms with van der Waals surface area (Å²) < 4.78 is 13.1. The number of nitrogens with one attached hydrogen (secondary N) is 2. The first-order valence-corrected chi connectivity index (χ1v) is 8.14. The van der Waals surface area contributed by atoms with E-state index in [1.54, 1.807) is 19.2 Å². The van der Waals surface area contributed by atoms with Crippen LogP contribution < -0.4 is 10.6 Å². The second kappa shape index (κ2) is 8.34. The standard InChI is InChI=1S/C16H24ClFN4/c1-3-22-8-4-5-13(22)11-21-16(19-2)20-10-12-6-7-15(18)14(17)9-12/h6-7,9,13H,3-5,8,10-11H2,1-2H3,(H2,19,20,21). The molecule has 2 N–H and O–H groups in total. The van der Waals surface area contributed by atoms with E-state index in [2.05, 4.69) is 27.4 Å². The second-order valence-electron chi connectivity index (χ2n) is 5.48. The van der Waals surface area contributed by atoms with Crippen LogP contribution in [-0.4, -0.2) is 43.6 Å². The zero-order valence-electron chi connectivity index (χ0n) is 13.2. The summed E-state index contributed by atoms with van der Waals surface area (Å²) in [4.78, 5) is 6.71. The van der Waals surface area contributed by atoms with Crippen molar-refractivity contribution in [2.24, 2.45) is 4.99 Å². The van der Waals surface area contributed by atoms with Gasteiger partial charge in [-0.3, -0.25) is 9.89 Å². The Bertz CT molecular complexity index is 521. The maximum absolute atomic E-state index is 13.1. The van der Waals surface area contributed by atoms with Gasteiger partial charge in [-0.15, -0.1) is 0 Å². The number of likely N-dealkylation sites (tertiary alicyclic amines) is 1. The summed E-state index contributed by atoms with van der Waals surface area (Å²) in [5.41, 5.74) is 0.922. The molecule has 0 amide bonds. The molecular formula is C16H24ClFN4. The number of hydrogen-bond acceptors (Lipinski definition) is 2. The van der Waals surface area contributed by atoms with Crippen LogP contribution >= 0.6 is 11.6 Å². The average Bonchev–Trinajstić information content (AvgIpc) is 2.98. The normalized spacial score (nSPS) is 19.5. The molecule has 0 radical (unpaired) electrons. The molecule has 0 spiro atoms. The largest absolute Gasteiger partial charge is 0.355 e. The minimum Gasteiger partial charge on any atom is -0.355 e. The Kier molecular flexibility index (Phi) is 6.46. The summed E-state index contributed by atoms with van der Waals surface area (Å²) >= 11 is 5.79. The van der Waals surface area contributed by atoms with Crippen molar-refractivity contribution in [1.29, 1.82) is 0 Å². The highest BCUT2D eigenvalue weighted by Gasteiger charge is 2.22. The zero-order valence-corrected chi connectivity index (χ0v) is 14.0. The van der Waals surface area contributed by atoms with Crippen molar-refractivity contribution in [1.82, 2.24) is 15.5 Å². The zero-order chi connectivity index (χ0) is 15.9. The van der Waals surface area contributed by atoms with E-state index in [9.17, 15) is 4.39 Å². The van der Waals surface area contributed by atoms with Crippen LogP contribution in [0.2, 0.25) is 5.02 Å². The van der Waals surface area contributed by atoms with Gasteiger partial charge >= 0.3 is 0 Å². The van der Waals surface area contributed by atoms with Crippen molar-refractivity contribution in [2.75, 3.05) is 26.7 Å². The summed E-state index contributed by atoms with van der Waals surface area (Å²) in [5, 5.41) is 6.74. The number of hydrogen-bond donors (Lipinski definition) is 2. The molecule has 0 aliphatic carbocycles. The van der Waals surface area contributed by atoms with Gasteiger partial charge in [0.15, 0.2) is 5.96 Å². The fourth-order valence-corrected chi connectivity index (χ4v) is 3.02. The molecule has 1 aliphatic heterocycles. The van der Waals surface area contributed by atoms with Crippen LogP contribution in [0.15, 0.2) is 23.2 Å². The average molecular weight is 327 g/mol. The quantitative estimate of drug-likeness (QED) is 0.645. The smallest absolute Gasteiger partial charge is 0.191 e. The highest BCUT2D eigenvalue weighted by Crippen LogP contribution is 2.16. The van der Waals surface area contributed by atoms with E-state index in [0.29, 0.717) is 12.6 Å². The molecule has 0 aromatic heterocycles. The third-order valence-electron chi connectivity index (χ3n) is 4.08. The predicted molar refractivity (Wildman–Crippen MR) is 89.9 cm³/mol. The number of nitrogens with zero attached hydrogens (tertiary/aromatic N) is 2. The Balaban J connectivity index is 1.81. The van der Waals surface area contributed by atoms with Gasteiger partial charge in [-0.2, -0.15) is 0 Å². The van der Waals surface area contributed by atoms with Crippen LogP contribution in [0.5, 0.6) is 0 Å². The lowest BCUT2D eigenvalue weighted by atomic mass is 10.2. The molecule has 1 aliphatic rings. The Hall–Kier alpha value is -1.33. The molecule has 1 saturated heterocycles. The van der Waals surface area contributed by atoms with Crippen LogP contribution in [0.25, 0.3) is 0 Å². The minimum absolute atomic E-state index is 0.145. The summed E-state index contributed by atoms with van der Waals surface area (Å²) in [6.07, 6.45) is 2.49. The fourth-order valence-electron chi connectivity index (χ4n) is 2.81. The predicted octanol–water partition coefficient (Wildman–Crippen LogP) is 2.63. The molecule has 0 saturated carbocycles. The lowest BCUT2D eigenvalue weighted by molar-refractivity contribution is 0.267. The van der Waals surface area contributed by atoms with Gasteiger partial charge in [0.1, 0.15) is 5.82 Å². The molecule has 6 heteroatoms. The van der Waals surface area contributed by atoms with Gasteiger partial charge < -0.3 is 10.6 Å². The van der Waals surface area contributed by atoms with Gasteiger partial charge in [-0.25, -0.2) is 4.39 Å². The molecule has 1 aromatic carbocycles. The first kappa shape index (κ1) is 17.0. The molecule has 1 fully saturated rings. The van der Waals surface area contributed by atoms with Crippen molar-refractivity contribution in [3.63, 3.8) is 0 Å². The third-order valence-corrected chi connectivity index (χ3v) is 4.37. The summed E-state index contributed by atoms with van der Waals surface area (Å²) in [5.74, 6) is 0.359. The van der Waals surface area contributed by atoms with Crippen molar-refractivity contribution in [3.8, 4) is 0 Å². The van der Waals surface area contributed by atoms with Crippen molar-refractivity contribution in [3.05, 3.63) is 34.6 Å². The first-order chi connectivity index (χ1) is 10.6. The Labute approximate surface area is 136 Å². The van der Waals surface area contributed by atoms with Crippen LogP contribution in [0.3, 0.4) is 0 Å². The van der Waals surface area contributed by atoms with E-state index >= 15 is 0 Å². The molecular weight excluding hydrogens is 303 g/mol. The Morgan fingerprint density at radius 1 is 1.45 bits per heavy atom. The van der Waals surface area contributed by atoms with E-state index in [4.69, 9.17) is 11.6 Å². The van der Waals surface area contributed by atoms with Crippen LogP contribution in [-0.2, 0) is 6.54 Å². The van der Waals surface area contributed by atoms with Crippen LogP contribution in [0, 0.1) is 5.82 Å². The van der Waals surface area contributed by atoms with E-state index < -0.39 is 5.82 Å². The number of halogens is 2. The van der Waals surface area contributed by atoms with Gasteiger partial charge in [0.25, 0.3) is 0 Å². The van der Waals surface area contributed by atoms with Gasteiger partial charge in [0, 0.05) is 26.2 Å². The van der Waals surface area contributed by atoms with Gasteiger partial charge in [0.05, 0.1) is 5.02 Å². The number of benzene rings is 1. The molecule has 122 valence electrons. The molecule has 4 nitrogen and oxygen atoms in total. The van der Waals surface area contributed by atoms with Gasteiger partial charge in [0.2, 0.25) is 0 Å². The maximum atomic E-state index is 13.1. The minimum atomic E-state index is -0.395. The fraction of sp³-hybridized carbons (Fsp3) is 0.562. The maximum Gasteiger partial charge on any atom is 0.191 e. The Morgan fingerprint density at radius 2 is 2.27 bits per heavy atom. The van der Waals surface area contributed by atoms with Crippen LogP contribution in [0.4, 0.5) is 4.39 Å². The molecule has 1 heterocycles. The number of rotatable bonds is 5. The lowest BCUT2D eigenvalue weighted by Crippen LogP contribution is -2.44. The second-order valence-corrected chi connectivity index (χ2v) is 5.89. The highest BCUT2D eigenvalue weighted by atomic mass is 35.5. The molecule has 0 bridgehead atoms. The SMILES string of the molecule is CCN1CCCC1CNC(=NC)NCc1ccc(F)c(Cl)c1. The lowest BCUT2D eigenvalue weighted by Gasteiger charge is -2.24. The number of likely N-dealkylation sites (N-methyl/N-ethyl adjacent to an activating group) is 1. The topological polar surface area (TPSA) is 39.7 Å². The number of guanidine groups is 1. The molecule has 2 rings (SSSR count). The third kappa shape index (κ3) is 4.58. The Morgan fingerprint density at radius 3 is 2.95 bits per heavy atom. The van der Waals surface area contributed by atoms with E-state index in [1.807, 2.05) is 0 Å². The van der Waals surface area contributed by atoms with Crippen molar-refractivity contribution in [2.45, 2.75) is 32.4 Å². The van der Waals surface area contributed by atoms with E-state index in [-0.39, 0.29) is 5.02 Å². The highest BCUT2D eigenvalue weighted by molar-refractivity contribution is 6.30. The molecule has 1 aromatic rings. The molecule has 1 unspecified atom stereocenters. The van der Waals surface area contributed by atoms with E-state index in [0.717, 1.165) is 24.6 Å². The molecule has 22 heavy (non-hydrogen) atoms. The molecule has 1 atom stereocenters. The van der Waals surface area contributed by atoms with Gasteiger partial charge in [-0.1, -0.05) is 24.6 Å². The van der Waals surface area contributed by atoms with Crippen molar-refractivity contribution >= 4 is 17.6 Å². The summed E-state index contributed by atoms with van der Waals surface area (Å²) in [6.45, 7) is 5.92. The van der Waals surface area contributed by atoms with Crippen LogP contribution in [0.1, 0.15) is 25.3 Å². The first-order valence-electron chi connectivity index (χ1n) is 7.76. The summed E-state index contributed by atoms with van der Waals surface area (Å²) in [7, 11) is 1.75. The van der Waals surface area contributed by atoms with Crippen molar-refractivity contribution < 1.29 is 4.39 Å². The monoisotopic (exact) mass is 326 g/mol.